The predicted molar refractivity (Wildman–Crippen MR) is 65.8 cm³/mol. The van der Waals surface area contributed by atoms with E-state index < -0.39 is 11.4 Å². The summed E-state index contributed by atoms with van der Waals surface area (Å²) < 4.78 is 0.723. The topological polar surface area (TPSA) is 78.9 Å². The van der Waals surface area contributed by atoms with E-state index in [1.807, 2.05) is 6.07 Å². The smallest absolute Gasteiger partial charge is 0.242 e. The van der Waals surface area contributed by atoms with E-state index >= 15 is 0 Å². The molecule has 0 saturated carbocycles. The molecule has 5 heteroatoms. The lowest BCUT2D eigenvalue weighted by Gasteiger charge is -2.24. The van der Waals surface area contributed by atoms with Crippen molar-refractivity contribution in [3.63, 3.8) is 0 Å². The first-order valence-corrected chi connectivity index (χ1v) is 5.44. The van der Waals surface area contributed by atoms with Crippen LogP contribution in [0.4, 0.5) is 5.69 Å². The Kier molecular flexibility index (Phi) is 3.55. The molecule has 0 aliphatic heterocycles. The summed E-state index contributed by atoms with van der Waals surface area (Å²) in [6, 6.07) is 7.11. The number of nitriles is 1. The summed E-state index contributed by atoms with van der Waals surface area (Å²) >= 11 is 3.32. The second-order valence-electron chi connectivity index (χ2n) is 3.92. The minimum Gasteiger partial charge on any atom is -0.371 e. The predicted octanol–water partition coefficient (Wildman–Crippen LogP) is 2.00. The average molecular weight is 282 g/mol. The van der Waals surface area contributed by atoms with E-state index in [-0.39, 0.29) is 0 Å². The van der Waals surface area contributed by atoms with E-state index in [2.05, 4.69) is 21.2 Å². The number of carbonyl (C=O) groups is 1. The summed E-state index contributed by atoms with van der Waals surface area (Å²) in [7, 11) is 0. The molecular weight excluding hydrogens is 270 g/mol. The zero-order valence-electron chi connectivity index (χ0n) is 9.04. The quantitative estimate of drug-likeness (QED) is 0.889. The van der Waals surface area contributed by atoms with Gasteiger partial charge >= 0.3 is 0 Å². The van der Waals surface area contributed by atoms with E-state index in [1.54, 1.807) is 32.0 Å². The van der Waals surface area contributed by atoms with Gasteiger partial charge in [0, 0.05) is 10.2 Å². The average Bonchev–Trinajstić information content (AvgIpc) is 2.20. The van der Waals surface area contributed by atoms with Crippen LogP contribution in [0.5, 0.6) is 0 Å². The van der Waals surface area contributed by atoms with Crippen molar-refractivity contribution in [1.82, 2.24) is 0 Å². The molecule has 0 radical (unpaired) electrons. The number of rotatable bonds is 3. The van der Waals surface area contributed by atoms with E-state index in [1.165, 1.54) is 0 Å². The molecule has 0 fully saturated rings. The Morgan fingerprint density at radius 1 is 1.56 bits per heavy atom. The van der Waals surface area contributed by atoms with Crippen LogP contribution >= 0.6 is 15.9 Å². The maximum Gasteiger partial charge on any atom is 0.242 e. The Morgan fingerprint density at radius 3 is 2.62 bits per heavy atom. The molecule has 1 aromatic rings. The number of benzene rings is 1. The molecule has 1 amide bonds. The van der Waals surface area contributed by atoms with E-state index in [4.69, 9.17) is 11.0 Å². The lowest BCUT2D eigenvalue weighted by molar-refractivity contribution is -0.121. The van der Waals surface area contributed by atoms with Crippen molar-refractivity contribution in [3.05, 3.63) is 28.2 Å². The van der Waals surface area contributed by atoms with Crippen molar-refractivity contribution in [2.24, 2.45) is 5.73 Å². The number of halogens is 1. The van der Waals surface area contributed by atoms with Gasteiger partial charge in [0.2, 0.25) is 5.91 Å². The second-order valence-corrected chi connectivity index (χ2v) is 4.78. The maximum atomic E-state index is 11.2. The standard InChI is InChI=1S/C11H12BrN3O/c1-11(2,10(14)16)15-9-4-3-7(6-13)5-8(9)12/h3-5,15H,1-2H3,(H2,14,16). The lowest BCUT2D eigenvalue weighted by Crippen LogP contribution is -2.45. The number of carbonyl (C=O) groups excluding carboxylic acids is 1. The van der Waals surface area contributed by atoms with Gasteiger partial charge in [-0.15, -0.1) is 0 Å². The van der Waals surface area contributed by atoms with Crippen LogP contribution in [0.2, 0.25) is 0 Å². The van der Waals surface area contributed by atoms with Gasteiger partial charge in [0.25, 0.3) is 0 Å². The number of primary amides is 1. The number of anilines is 1. The van der Waals surface area contributed by atoms with E-state index in [9.17, 15) is 4.79 Å². The van der Waals surface area contributed by atoms with Crippen molar-refractivity contribution >= 4 is 27.5 Å². The minimum atomic E-state index is -0.837. The molecule has 0 aromatic heterocycles. The first-order chi connectivity index (χ1) is 7.36. The van der Waals surface area contributed by atoms with Crippen molar-refractivity contribution in [2.75, 3.05) is 5.32 Å². The Bertz CT molecular complexity index is 463. The molecule has 84 valence electrons. The van der Waals surface area contributed by atoms with Crippen LogP contribution in [0.1, 0.15) is 19.4 Å². The zero-order chi connectivity index (χ0) is 12.3. The molecule has 0 spiro atoms. The molecule has 0 aliphatic carbocycles. The van der Waals surface area contributed by atoms with Gasteiger partial charge < -0.3 is 11.1 Å². The molecule has 0 unspecified atom stereocenters. The van der Waals surface area contributed by atoms with Crippen LogP contribution in [-0.4, -0.2) is 11.4 Å². The summed E-state index contributed by atoms with van der Waals surface area (Å²) in [6.07, 6.45) is 0. The monoisotopic (exact) mass is 281 g/mol. The van der Waals surface area contributed by atoms with E-state index in [0.717, 1.165) is 10.2 Å². The number of hydrogen-bond acceptors (Lipinski definition) is 3. The number of hydrogen-bond donors (Lipinski definition) is 2. The molecule has 1 rings (SSSR count). The first kappa shape index (κ1) is 12.5. The Hall–Kier alpha value is -1.54. The highest BCUT2D eigenvalue weighted by molar-refractivity contribution is 9.10. The fraction of sp³-hybridized carbons (Fsp3) is 0.273. The molecule has 0 atom stereocenters. The van der Waals surface area contributed by atoms with Crippen LogP contribution in [0, 0.1) is 11.3 Å². The zero-order valence-corrected chi connectivity index (χ0v) is 10.6. The highest BCUT2D eigenvalue weighted by Crippen LogP contribution is 2.26. The van der Waals surface area contributed by atoms with Crippen molar-refractivity contribution in [1.29, 1.82) is 5.26 Å². The molecule has 0 aliphatic rings. The normalized spacial score (nSPS) is 10.6. The molecule has 4 nitrogen and oxygen atoms in total. The van der Waals surface area contributed by atoms with Gasteiger partial charge in [-0.1, -0.05) is 0 Å². The SMILES string of the molecule is CC(C)(Nc1ccc(C#N)cc1Br)C(N)=O. The van der Waals surface area contributed by atoms with Crippen LogP contribution < -0.4 is 11.1 Å². The number of amides is 1. The van der Waals surface area contributed by atoms with Crippen LogP contribution in [0.3, 0.4) is 0 Å². The van der Waals surface area contributed by atoms with Gasteiger partial charge in [-0.2, -0.15) is 5.26 Å². The lowest BCUT2D eigenvalue weighted by atomic mass is 10.0. The number of nitrogens with zero attached hydrogens (tertiary/aromatic N) is 1. The first-order valence-electron chi connectivity index (χ1n) is 4.64. The summed E-state index contributed by atoms with van der Waals surface area (Å²) in [5.74, 6) is -0.441. The van der Waals surface area contributed by atoms with Crippen molar-refractivity contribution in [3.8, 4) is 6.07 Å². The molecule has 0 saturated heterocycles. The third-order valence-corrected chi connectivity index (χ3v) is 2.82. The van der Waals surface area contributed by atoms with Crippen LogP contribution in [-0.2, 0) is 4.79 Å². The largest absolute Gasteiger partial charge is 0.371 e. The second kappa shape index (κ2) is 4.54. The highest BCUT2D eigenvalue weighted by Gasteiger charge is 2.25. The van der Waals surface area contributed by atoms with Crippen molar-refractivity contribution < 1.29 is 4.79 Å². The van der Waals surface area contributed by atoms with Gasteiger partial charge in [0.15, 0.2) is 0 Å². The summed E-state index contributed by atoms with van der Waals surface area (Å²) in [6.45, 7) is 3.39. The number of nitrogens with two attached hydrogens (primary N) is 1. The van der Waals surface area contributed by atoms with Gasteiger partial charge in [0.05, 0.1) is 11.6 Å². The Labute approximate surface area is 103 Å². The Balaban J connectivity index is 3.00. The molecule has 0 heterocycles. The summed E-state index contributed by atoms with van der Waals surface area (Å²) in [5.41, 5.74) is 5.69. The van der Waals surface area contributed by atoms with Gasteiger partial charge in [0.1, 0.15) is 5.54 Å². The van der Waals surface area contributed by atoms with Crippen molar-refractivity contribution in [2.45, 2.75) is 19.4 Å². The maximum absolute atomic E-state index is 11.2. The fourth-order valence-electron chi connectivity index (χ4n) is 1.08. The molecule has 16 heavy (non-hydrogen) atoms. The third kappa shape index (κ3) is 2.74. The molecule has 0 bridgehead atoms. The third-order valence-electron chi connectivity index (χ3n) is 2.16. The molecule has 1 aromatic carbocycles. The summed E-state index contributed by atoms with van der Waals surface area (Å²) in [4.78, 5) is 11.2. The Morgan fingerprint density at radius 2 is 2.19 bits per heavy atom. The number of nitrogens with one attached hydrogen (secondary N) is 1. The van der Waals surface area contributed by atoms with Crippen LogP contribution in [0.25, 0.3) is 0 Å². The minimum absolute atomic E-state index is 0.441. The van der Waals surface area contributed by atoms with Crippen LogP contribution in [0.15, 0.2) is 22.7 Å². The fourth-order valence-corrected chi connectivity index (χ4v) is 1.56. The highest BCUT2D eigenvalue weighted by atomic mass is 79.9. The van der Waals surface area contributed by atoms with E-state index in [0.29, 0.717) is 5.56 Å². The molecular formula is C11H12BrN3O. The van der Waals surface area contributed by atoms with Gasteiger partial charge in [-0.05, 0) is 48.0 Å². The van der Waals surface area contributed by atoms with Gasteiger partial charge in [-0.25, -0.2) is 0 Å². The summed E-state index contributed by atoms with van der Waals surface area (Å²) in [5, 5.41) is 11.7. The molecule has 3 N–H and O–H groups in total. The van der Waals surface area contributed by atoms with Gasteiger partial charge in [-0.3, -0.25) is 4.79 Å².